The number of fused-ring (bicyclic) bond motifs is 11. The Morgan fingerprint density at radius 3 is 2.69 bits per heavy atom. The second kappa shape index (κ2) is 11.5. The summed E-state index contributed by atoms with van der Waals surface area (Å²) in [5.41, 5.74) is 0.837. The molecule has 3 aliphatic rings. The van der Waals surface area contributed by atoms with Gasteiger partial charge in [0.15, 0.2) is 0 Å². The van der Waals surface area contributed by atoms with Crippen LogP contribution in [0.2, 0.25) is 5.02 Å². The van der Waals surface area contributed by atoms with Crippen molar-refractivity contribution in [1.82, 2.24) is 13.9 Å². The summed E-state index contributed by atoms with van der Waals surface area (Å²) < 4.78 is 34.9. The lowest BCUT2D eigenvalue weighted by molar-refractivity contribution is -0.116. The van der Waals surface area contributed by atoms with Crippen molar-refractivity contribution in [2.24, 2.45) is 0 Å². The molecule has 9 nitrogen and oxygen atoms in total. The summed E-state index contributed by atoms with van der Waals surface area (Å²) in [5.74, 6) is -0.444. The Bertz CT molecular complexity index is 988. The molecule has 0 radical (unpaired) electrons. The van der Waals surface area contributed by atoms with Gasteiger partial charge < -0.3 is 20.4 Å². The van der Waals surface area contributed by atoms with E-state index >= 15 is 0 Å². The lowest BCUT2D eigenvalue weighted by Gasteiger charge is -2.36. The van der Waals surface area contributed by atoms with Crippen LogP contribution in [0.1, 0.15) is 19.3 Å². The highest BCUT2D eigenvalue weighted by Crippen LogP contribution is 2.20. The Morgan fingerprint density at radius 1 is 1.19 bits per heavy atom. The number of rotatable bonds is 3. The Kier molecular flexibility index (Phi) is 8.68. The summed E-state index contributed by atoms with van der Waals surface area (Å²) in [6.07, 6.45) is 7.12. The number of allylic oxidation sites excluding steroid dienone is 2. The van der Waals surface area contributed by atoms with Crippen LogP contribution in [0.3, 0.4) is 0 Å². The highest BCUT2D eigenvalue weighted by atomic mass is 35.5. The first-order valence-corrected chi connectivity index (χ1v) is 12.3. The minimum Gasteiger partial charge on any atom is -0.486 e. The Labute approximate surface area is 193 Å². The molecule has 1 aromatic carbocycles. The monoisotopic (exact) mass is 481 g/mol. The molecule has 174 valence electrons. The van der Waals surface area contributed by atoms with Gasteiger partial charge in [0.05, 0.1) is 6.61 Å². The van der Waals surface area contributed by atoms with Gasteiger partial charge in [-0.3, -0.25) is 4.79 Å². The molecule has 0 spiro atoms. The summed E-state index contributed by atoms with van der Waals surface area (Å²) >= 11 is 6.02. The molecule has 3 aliphatic heterocycles. The van der Waals surface area contributed by atoms with Crippen molar-refractivity contribution < 1.29 is 17.9 Å². The molecule has 1 amide bonds. The average molecular weight is 482 g/mol. The van der Waals surface area contributed by atoms with Crippen LogP contribution in [0.15, 0.2) is 47.9 Å². The lowest BCUT2D eigenvalue weighted by atomic mass is 10.2. The molecule has 0 atom stereocenters. The van der Waals surface area contributed by atoms with Gasteiger partial charge >= 0.3 is 0 Å². The number of hydrogen-bond donors (Lipinski definition) is 3. The molecule has 1 aromatic rings. The lowest BCUT2D eigenvalue weighted by Crippen LogP contribution is -2.52. The van der Waals surface area contributed by atoms with Crippen LogP contribution < -0.4 is 10.0 Å². The highest BCUT2D eigenvalue weighted by Gasteiger charge is 2.29. The fourth-order valence-corrected chi connectivity index (χ4v) is 4.79. The summed E-state index contributed by atoms with van der Waals surface area (Å²) in [7, 11) is -3.59. The van der Waals surface area contributed by atoms with Gasteiger partial charge in [0, 0.05) is 49.6 Å². The van der Waals surface area contributed by atoms with Crippen LogP contribution in [0, 0.1) is 5.41 Å². The van der Waals surface area contributed by atoms with Gasteiger partial charge in [0.25, 0.3) is 16.1 Å². The highest BCUT2D eigenvalue weighted by molar-refractivity contribution is 7.87. The number of anilines is 1. The molecule has 11 heteroatoms. The van der Waals surface area contributed by atoms with Crippen LogP contribution in [-0.2, 0) is 19.7 Å². The molecule has 0 aliphatic carbocycles. The predicted octanol–water partition coefficient (Wildman–Crippen LogP) is 2.35. The van der Waals surface area contributed by atoms with Crippen molar-refractivity contribution in [2.45, 2.75) is 19.3 Å². The smallest absolute Gasteiger partial charge is 0.293 e. The van der Waals surface area contributed by atoms with E-state index in [1.165, 1.54) is 4.31 Å². The Morgan fingerprint density at radius 2 is 1.97 bits per heavy atom. The van der Waals surface area contributed by atoms with Gasteiger partial charge in [-0.05, 0) is 37.5 Å². The molecule has 0 saturated carbocycles. The second-order valence-electron chi connectivity index (χ2n) is 7.38. The molecular formula is C21H28ClN5O4S. The van der Waals surface area contributed by atoms with E-state index in [1.54, 1.807) is 35.2 Å². The normalized spacial score (nSPS) is 23.8. The quantitative estimate of drug-likeness (QED) is 0.453. The van der Waals surface area contributed by atoms with Crippen LogP contribution in [-0.4, -0.2) is 69.1 Å². The van der Waals surface area contributed by atoms with Crippen molar-refractivity contribution in [3.05, 3.63) is 52.9 Å². The zero-order chi connectivity index (χ0) is 23.0. The third-order valence-corrected chi connectivity index (χ3v) is 6.95. The van der Waals surface area contributed by atoms with Crippen molar-refractivity contribution in [2.75, 3.05) is 44.6 Å². The van der Waals surface area contributed by atoms with Gasteiger partial charge in [-0.25, -0.2) is 0 Å². The van der Waals surface area contributed by atoms with Gasteiger partial charge in [-0.2, -0.15) is 17.4 Å². The van der Waals surface area contributed by atoms with E-state index in [0.717, 1.165) is 19.1 Å². The molecule has 3 heterocycles. The third-order valence-electron chi connectivity index (χ3n) is 5.14. The van der Waals surface area contributed by atoms with Crippen molar-refractivity contribution >= 4 is 39.6 Å². The van der Waals surface area contributed by atoms with E-state index in [-0.39, 0.29) is 25.4 Å². The summed E-state index contributed by atoms with van der Waals surface area (Å²) in [4.78, 5) is 14.9. The third kappa shape index (κ3) is 6.55. The zero-order valence-corrected chi connectivity index (χ0v) is 19.3. The van der Waals surface area contributed by atoms with Crippen molar-refractivity contribution in [1.29, 1.82) is 5.41 Å². The SMILES string of the molecule is N=C/C1=C(\C(=O)Nc2cccc(Cl)c2)OCCCC/C=C/CNS(=O)(=O)N2CCN1CC2. The molecule has 3 N–H and O–H groups in total. The maximum Gasteiger partial charge on any atom is 0.293 e. The molecule has 2 bridgehead atoms. The number of amides is 1. The fraction of sp³-hybridized carbons (Fsp3) is 0.429. The molecule has 1 saturated heterocycles. The minimum absolute atomic E-state index is 0.0389. The number of carbonyl (C=O) groups excluding carboxylic acids is 1. The maximum atomic E-state index is 13.1. The van der Waals surface area contributed by atoms with Gasteiger partial charge in [-0.15, -0.1) is 0 Å². The Balaban J connectivity index is 1.86. The number of nitrogens with one attached hydrogen (secondary N) is 3. The topological polar surface area (TPSA) is 115 Å². The van der Waals surface area contributed by atoms with Gasteiger partial charge in [0.1, 0.15) is 5.70 Å². The van der Waals surface area contributed by atoms with E-state index in [1.807, 2.05) is 6.08 Å². The number of benzene rings is 1. The maximum absolute atomic E-state index is 13.1. The number of halogens is 1. The first-order valence-electron chi connectivity index (χ1n) is 10.5. The molecule has 0 aromatic heterocycles. The Hall–Kier alpha value is -2.40. The first kappa shape index (κ1) is 24.2. The number of carbonyl (C=O) groups is 1. The van der Waals surface area contributed by atoms with E-state index < -0.39 is 16.1 Å². The fourth-order valence-electron chi connectivity index (χ4n) is 3.46. The average Bonchev–Trinajstić information content (AvgIpc) is 2.76. The molecular weight excluding hydrogens is 454 g/mol. The van der Waals surface area contributed by atoms with Gasteiger partial charge in [-0.1, -0.05) is 29.8 Å². The van der Waals surface area contributed by atoms with Gasteiger partial charge in [0.2, 0.25) is 5.76 Å². The first-order chi connectivity index (χ1) is 15.4. The molecule has 0 unspecified atom stereocenters. The number of ether oxygens (including phenoxy) is 1. The summed E-state index contributed by atoms with van der Waals surface area (Å²) in [6.45, 7) is 1.71. The van der Waals surface area contributed by atoms with Crippen LogP contribution in [0.5, 0.6) is 0 Å². The van der Waals surface area contributed by atoms with E-state index in [9.17, 15) is 13.2 Å². The van der Waals surface area contributed by atoms with Crippen LogP contribution >= 0.6 is 11.6 Å². The van der Waals surface area contributed by atoms with E-state index in [4.69, 9.17) is 21.7 Å². The minimum atomic E-state index is -3.59. The standard InChI is InChI=1S/C21H28ClN5O4S/c22-17-7-6-8-18(15-17)25-21(28)20-19(16-23)26-10-12-27(13-11-26)32(29,30)24-9-4-2-1-3-5-14-31-20/h2,4,6-8,15-16,23-24H,1,3,5,9-14H2,(H,25,28)/b4-2+,20-19-,23-16?. The zero-order valence-electron chi connectivity index (χ0n) is 17.7. The molecule has 32 heavy (non-hydrogen) atoms. The largest absolute Gasteiger partial charge is 0.486 e. The number of piperazine rings is 1. The number of nitrogens with zero attached hydrogens (tertiary/aromatic N) is 2. The van der Waals surface area contributed by atoms with E-state index in [0.29, 0.717) is 42.5 Å². The second-order valence-corrected chi connectivity index (χ2v) is 9.57. The van der Waals surface area contributed by atoms with Crippen LogP contribution in [0.4, 0.5) is 5.69 Å². The summed E-state index contributed by atoms with van der Waals surface area (Å²) in [6, 6.07) is 6.78. The molecule has 4 rings (SSSR count). The van der Waals surface area contributed by atoms with Crippen LogP contribution in [0.25, 0.3) is 0 Å². The predicted molar refractivity (Wildman–Crippen MR) is 125 cm³/mol. The van der Waals surface area contributed by atoms with Crippen molar-refractivity contribution in [3.63, 3.8) is 0 Å². The van der Waals surface area contributed by atoms with Crippen molar-refractivity contribution in [3.8, 4) is 0 Å². The molecule has 1 fully saturated rings. The van der Waals surface area contributed by atoms with E-state index in [2.05, 4.69) is 10.0 Å². The number of hydrogen-bond acceptors (Lipinski definition) is 6. The summed E-state index contributed by atoms with van der Waals surface area (Å²) in [5, 5.41) is 11.2.